The van der Waals surface area contributed by atoms with Crippen LogP contribution in [0.15, 0.2) is 30.5 Å². The Morgan fingerprint density at radius 2 is 2.04 bits per heavy atom. The standard InChI is InChI=1S/C16H23N3O4/c1-5-19(3)11(2)10-17-14-8-12(9-15(20)23-4)6-7-13(14)18-16(21)22/h6-8,17-18H,2,5,9-10H2,1,3-4H3,(H,21,22). The summed E-state index contributed by atoms with van der Waals surface area (Å²) in [4.78, 5) is 24.2. The Morgan fingerprint density at radius 1 is 1.35 bits per heavy atom. The molecule has 0 radical (unpaired) electrons. The minimum Gasteiger partial charge on any atom is -0.469 e. The number of rotatable bonds is 8. The van der Waals surface area contributed by atoms with E-state index in [1.165, 1.54) is 7.11 Å². The molecule has 0 spiro atoms. The molecule has 1 aromatic carbocycles. The number of nitrogens with one attached hydrogen (secondary N) is 2. The first-order valence-electron chi connectivity index (χ1n) is 7.19. The summed E-state index contributed by atoms with van der Waals surface area (Å²) in [6, 6.07) is 5.02. The molecule has 1 aromatic rings. The second-order valence-electron chi connectivity index (χ2n) is 5.00. The van der Waals surface area contributed by atoms with Crippen molar-refractivity contribution in [1.29, 1.82) is 0 Å². The molecule has 0 aliphatic rings. The third-order valence-corrected chi connectivity index (χ3v) is 3.40. The fourth-order valence-corrected chi connectivity index (χ4v) is 1.87. The highest BCUT2D eigenvalue weighted by Crippen LogP contribution is 2.24. The summed E-state index contributed by atoms with van der Waals surface area (Å²) in [5, 5.41) is 14.4. The Labute approximate surface area is 135 Å². The molecule has 0 saturated heterocycles. The molecule has 0 atom stereocenters. The maximum absolute atomic E-state index is 11.4. The van der Waals surface area contributed by atoms with Crippen molar-refractivity contribution in [2.75, 3.05) is 37.9 Å². The molecule has 3 N–H and O–H groups in total. The number of hydrogen-bond donors (Lipinski definition) is 3. The summed E-state index contributed by atoms with van der Waals surface area (Å²) in [5.74, 6) is -0.356. The minimum absolute atomic E-state index is 0.119. The number of likely N-dealkylation sites (N-methyl/N-ethyl adjacent to an activating group) is 1. The Hall–Kier alpha value is -2.70. The van der Waals surface area contributed by atoms with E-state index in [2.05, 4.69) is 21.9 Å². The zero-order valence-electron chi connectivity index (χ0n) is 13.7. The van der Waals surface area contributed by atoms with Crippen molar-refractivity contribution in [3.8, 4) is 0 Å². The SMILES string of the molecule is C=C(CNc1cc(CC(=O)OC)ccc1NC(=O)O)N(C)CC. The number of benzene rings is 1. The zero-order valence-corrected chi connectivity index (χ0v) is 13.7. The van der Waals surface area contributed by atoms with Gasteiger partial charge in [0.1, 0.15) is 0 Å². The highest BCUT2D eigenvalue weighted by molar-refractivity contribution is 5.88. The molecule has 23 heavy (non-hydrogen) atoms. The molecule has 0 unspecified atom stereocenters. The van der Waals surface area contributed by atoms with E-state index in [1.807, 2.05) is 18.9 Å². The number of carboxylic acid groups (broad SMARTS) is 1. The van der Waals surface area contributed by atoms with Gasteiger partial charge in [-0.1, -0.05) is 12.6 Å². The Balaban J connectivity index is 2.93. The lowest BCUT2D eigenvalue weighted by atomic mass is 10.1. The van der Waals surface area contributed by atoms with Gasteiger partial charge in [-0.2, -0.15) is 0 Å². The molecule has 0 bridgehead atoms. The Bertz CT molecular complexity index is 587. The lowest BCUT2D eigenvalue weighted by molar-refractivity contribution is -0.139. The number of anilines is 2. The molecule has 1 amide bonds. The van der Waals surface area contributed by atoms with Gasteiger partial charge in [0, 0.05) is 19.3 Å². The molecule has 7 heteroatoms. The van der Waals surface area contributed by atoms with Crippen molar-refractivity contribution in [3.63, 3.8) is 0 Å². The topological polar surface area (TPSA) is 90.9 Å². The first-order chi connectivity index (χ1) is 10.9. The number of amides is 1. The van der Waals surface area contributed by atoms with Crippen LogP contribution in [0.1, 0.15) is 12.5 Å². The number of ether oxygens (including phenoxy) is 1. The van der Waals surface area contributed by atoms with Crippen LogP contribution >= 0.6 is 0 Å². The quantitative estimate of drug-likeness (QED) is 0.637. The lowest BCUT2D eigenvalue weighted by Crippen LogP contribution is -2.22. The summed E-state index contributed by atoms with van der Waals surface area (Å²) in [7, 11) is 3.25. The van der Waals surface area contributed by atoms with Gasteiger partial charge in [-0.3, -0.25) is 10.1 Å². The van der Waals surface area contributed by atoms with Crippen molar-refractivity contribution in [2.45, 2.75) is 13.3 Å². The Morgan fingerprint density at radius 3 is 2.61 bits per heavy atom. The van der Waals surface area contributed by atoms with Gasteiger partial charge in [0.2, 0.25) is 0 Å². The predicted molar refractivity (Wildman–Crippen MR) is 89.7 cm³/mol. The van der Waals surface area contributed by atoms with Crippen LogP contribution in [0.5, 0.6) is 0 Å². The third-order valence-electron chi connectivity index (χ3n) is 3.40. The van der Waals surface area contributed by atoms with E-state index in [4.69, 9.17) is 5.11 Å². The highest BCUT2D eigenvalue weighted by atomic mass is 16.5. The van der Waals surface area contributed by atoms with E-state index in [-0.39, 0.29) is 12.4 Å². The van der Waals surface area contributed by atoms with Gasteiger partial charge >= 0.3 is 12.1 Å². The fourth-order valence-electron chi connectivity index (χ4n) is 1.87. The number of esters is 1. The molecule has 0 heterocycles. The maximum Gasteiger partial charge on any atom is 0.409 e. The van der Waals surface area contributed by atoms with Crippen LogP contribution in [0.4, 0.5) is 16.2 Å². The molecule has 0 fully saturated rings. The molecule has 126 valence electrons. The van der Waals surface area contributed by atoms with E-state index in [0.717, 1.165) is 17.8 Å². The van der Waals surface area contributed by atoms with Crippen molar-refractivity contribution < 1.29 is 19.4 Å². The molecule has 0 aromatic heterocycles. The summed E-state index contributed by atoms with van der Waals surface area (Å²) in [6.45, 7) is 7.26. The van der Waals surface area contributed by atoms with Gasteiger partial charge in [0.15, 0.2) is 0 Å². The van der Waals surface area contributed by atoms with Crippen LogP contribution in [0.3, 0.4) is 0 Å². The number of nitrogens with zero attached hydrogens (tertiary/aromatic N) is 1. The summed E-state index contributed by atoms with van der Waals surface area (Å²) in [5.41, 5.74) is 2.59. The predicted octanol–water partition coefficient (Wildman–Crippen LogP) is 2.37. The minimum atomic E-state index is -1.15. The van der Waals surface area contributed by atoms with E-state index < -0.39 is 6.09 Å². The molecule has 0 saturated carbocycles. The van der Waals surface area contributed by atoms with Crippen LogP contribution in [0.25, 0.3) is 0 Å². The molecule has 7 nitrogen and oxygen atoms in total. The molecule has 0 aliphatic carbocycles. The third kappa shape index (κ3) is 5.90. The fraction of sp³-hybridized carbons (Fsp3) is 0.375. The average Bonchev–Trinajstić information content (AvgIpc) is 2.52. The van der Waals surface area contributed by atoms with Crippen molar-refractivity contribution in [2.24, 2.45) is 0 Å². The van der Waals surface area contributed by atoms with Crippen LogP contribution in [0.2, 0.25) is 0 Å². The van der Waals surface area contributed by atoms with Crippen molar-refractivity contribution in [1.82, 2.24) is 4.90 Å². The summed E-state index contributed by atoms with van der Waals surface area (Å²) >= 11 is 0. The van der Waals surface area contributed by atoms with E-state index >= 15 is 0 Å². The highest BCUT2D eigenvalue weighted by Gasteiger charge is 2.10. The molecule has 0 aliphatic heterocycles. The zero-order chi connectivity index (χ0) is 17.4. The van der Waals surface area contributed by atoms with E-state index in [9.17, 15) is 9.59 Å². The van der Waals surface area contributed by atoms with Gasteiger partial charge in [0.25, 0.3) is 0 Å². The second-order valence-corrected chi connectivity index (χ2v) is 5.00. The van der Waals surface area contributed by atoms with Gasteiger partial charge in [-0.25, -0.2) is 4.79 Å². The van der Waals surface area contributed by atoms with Crippen LogP contribution < -0.4 is 10.6 Å². The lowest BCUT2D eigenvalue weighted by Gasteiger charge is -2.21. The number of carbonyl (C=O) groups is 2. The summed E-state index contributed by atoms with van der Waals surface area (Å²) in [6.07, 6.45) is -1.03. The first-order valence-corrected chi connectivity index (χ1v) is 7.19. The van der Waals surface area contributed by atoms with Crippen molar-refractivity contribution >= 4 is 23.4 Å². The van der Waals surface area contributed by atoms with Gasteiger partial charge in [0.05, 0.1) is 31.5 Å². The number of hydrogen-bond acceptors (Lipinski definition) is 5. The normalized spacial score (nSPS) is 9.87. The van der Waals surface area contributed by atoms with Crippen molar-refractivity contribution in [3.05, 3.63) is 36.0 Å². The van der Waals surface area contributed by atoms with E-state index in [0.29, 0.717) is 17.9 Å². The van der Waals surface area contributed by atoms with Crippen LogP contribution in [-0.4, -0.2) is 49.3 Å². The number of carbonyl (C=O) groups excluding carboxylic acids is 1. The molecular formula is C16H23N3O4. The largest absolute Gasteiger partial charge is 0.469 e. The maximum atomic E-state index is 11.4. The smallest absolute Gasteiger partial charge is 0.409 e. The second kappa shape index (κ2) is 8.67. The monoisotopic (exact) mass is 321 g/mol. The van der Waals surface area contributed by atoms with E-state index in [1.54, 1.807) is 18.2 Å². The Kier molecular flexibility index (Phi) is 6.92. The van der Waals surface area contributed by atoms with Gasteiger partial charge in [-0.15, -0.1) is 0 Å². The molecule has 1 rings (SSSR count). The van der Waals surface area contributed by atoms with Gasteiger partial charge < -0.3 is 20.1 Å². The summed E-state index contributed by atoms with van der Waals surface area (Å²) < 4.78 is 4.64. The first kappa shape index (κ1) is 18.3. The average molecular weight is 321 g/mol. The van der Waals surface area contributed by atoms with Gasteiger partial charge in [-0.05, 0) is 24.6 Å². The number of methoxy groups -OCH3 is 1. The van der Waals surface area contributed by atoms with Crippen LogP contribution in [-0.2, 0) is 16.0 Å². The molecular weight excluding hydrogens is 298 g/mol. The van der Waals surface area contributed by atoms with Crippen LogP contribution in [0, 0.1) is 0 Å².